The molecule has 23 heavy (non-hydrogen) atoms. The quantitative estimate of drug-likeness (QED) is 0.825. The number of benzene rings is 1. The number of hydrogen-bond acceptors (Lipinski definition) is 3. The first-order chi connectivity index (χ1) is 11.1. The molecule has 1 aromatic carbocycles. The van der Waals surface area contributed by atoms with Gasteiger partial charge in [0.2, 0.25) is 5.91 Å². The number of anilines is 1. The number of hydrogen-bond donors (Lipinski definition) is 0. The van der Waals surface area contributed by atoms with E-state index in [4.69, 9.17) is 16.9 Å². The summed E-state index contributed by atoms with van der Waals surface area (Å²) < 4.78 is 0. The van der Waals surface area contributed by atoms with Crippen molar-refractivity contribution in [2.75, 3.05) is 31.6 Å². The van der Waals surface area contributed by atoms with E-state index in [1.807, 2.05) is 24.1 Å². The van der Waals surface area contributed by atoms with E-state index in [-0.39, 0.29) is 11.8 Å². The standard InChI is InChI=1S/C18H24ClN3O/c1-3-4-9-21(2)18(23)14-7-10-22(11-8-14)16-6-5-15(13-20)17(19)12-16/h5-6,12,14H,3-4,7-11H2,1-2H3. The van der Waals surface area contributed by atoms with Gasteiger partial charge in [-0.15, -0.1) is 0 Å². The van der Waals surface area contributed by atoms with E-state index in [0.717, 1.165) is 51.0 Å². The summed E-state index contributed by atoms with van der Waals surface area (Å²) in [6.45, 7) is 4.68. The van der Waals surface area contributed by atoms with Crippen molar-refractivity contribution in [3.63, 3.8) is 0 Å². The fraction of sp³-hybridized carbons (Fsp3) is 0.556. The topological polar surface area (TPSA) is 47.3 Å². The van der Waals surface area contributed by atoms with Gasteiger partial charge in [-0.2, -0.15) is 5.26 Å². The molecule has 0 unspecified atom stereocenters. The lowest BCUT2D eigenvalue weighted by molar-refractivity contribution is -0.134. The number of carbonyl (C=O) groups excluding carboxylic acids is 1. The predicted octanol–water partition coefficient (Wildman–Crippen LogP) is 3.69. The predicted molar refractivity (Wildman–Crippen MR) is 93.6 cm³/mol. The van der Waals surface area contributed by atoms with Crippen LogP contribution in [0.5, 0.6) is 0 Å². The molecule has 0 spiro atoms. The van der Waals surface area contributed by atoms with E-state index < -0.39 is 0 Å². The summed E-state index contributed by atoms with van der Waals surface area (Å²) in [7, 11) is 1.91. The summed E-state index contributed by atoms with van der Waals surface area (Å²) in [4.78, 5) is 16.6. The number of unbranched alkanes of at least 4 members (excludes halogenated alkanes) is 1. The van der Waals surface area contributed by atoms with Crippen LogP contribution in [0.15, 0.2) is 18.2 Å². The number of halogens is 1. The van der Waals surface area contributed by atoms with Gasteiger partial charge in [0.15, 0.2) is 0 Å². The van der Waals surface area contributed by atoms with Gasteiger partial charge in [-0.3, -0.25) is 4.79 Å². The van der Waals surface area contributed by atoms with Gasteiger partial charge in [-0.25, -0.2) is 0 Å². The Morgan fingerprint density at radius 1 is 1.43 bits per heavy atom. The van der Waals surface area contributed by atoms with E-state index >= 15 is 0 Å². The minimum absolute atomic E-state index is 0.127. The molecule has 1 heterocycles. The molecule has 124 valence electrons. The third-order valence-corrected chi connectivity index (χ3v) is 4.82. The summed E-state index contributed by atoms with van der Waals surface area (Å²) in [5.41, 5.74) is 1.53. The van der Waals surface area contributed by atoms with Crippen LogP contribution >= 0.6 is 11.6 Å². The molecule has 4 nitrogen and oxygen atoms in total. The van der Waals surface area contributed by atoms with Crippen LogP contribution in [-0.2, 0) is 4.79 Å². The van der Waals surface area contributed by atoms with Crippen LogP contribution in [0.4, 0.5) is 5.69 Å². The Balaban J connectivity index is 1.92. The molecule has 0 saturated carbocycles. The first-order valence-electron chi connectivity index (χ1n) is 8.26. The molecule has 0 N–H and O–H groups in total. The molecule has 1 aliphatic heterocycles. The van der Waals surface area contributed by atoms with Crippen LogP contribution < -0.4 is 4.90 Å². The van der Waals surface area contributed by atoms with Gasteiger partial charge in [-0.1, -0.05) is 24.9 Å². The van der Waals surface area contributed by atoms with Crippen molar-refractivity contribution in [3.8, 4) is 6.07 Å². The SMILES string of the molecule is CCCCN(C)C(=O)C1CCN(c2ccc(C#N)c(Cl)c2)CC1. The zero-order chi connectivity index (χ0) is 16.8. The molecule has 0 bridgehead atoms. The number of nitrogens with zero attached hydrogens (tertiary/aromatic N) is 3. The smallest absolute Gasteiger partial charge is 0.225 e. The second kappa shape index (κ2) is 8.21. The average Bonchev–Trinajstić information content (AvgIpc) is 2.59. The lowest BCUT2D eigenvalue weighted by Gasteiger charge is -2.34. The number of rotatable bonds is 5. The van der Waals surface area contributed by atoms with Crippen LogP contribution in [0.3, 0.4) is 0 Å². The number of carbonyl (C=O) groups is 1. The highest BCUT2D eigenvalue weighted by Gasteiger charge is 2.27. The molecule has 0 aliphatic carbocycles. The maximum Gasteiger partial charge on any atom is 0.225 e. The van der Waals surface area contributed by atoms with Crippen LogP contribution in [0, 0.1) is 17.2 Å². The zero-order valence-electron chi connectivity index (χ0n) is 13.9. The molecule has 5 heteroatoms. The second-order valence-corrected chi connectivity index (χ2v) is 6.56. The van der Waals surface area contributed by atoms with Gasteiger partial charge in [-0.05, 0) is 37.5 Å². The molecule has 2 rings (SSSR count). The minimum atomic E-state index is 0.127. The van der Waals surface area contributed by atoms with Gasteiger partial charge in [0, 0.05) is 38.3 Å². The van der Waals surface area contributed by atoms with E-state index in [1.54, 1.807) is 6.07 Å². The first kappa shape index (κ1) is 17.6. The third-order valence-electron chi connectivity index (χ3n) is 4.51. The maximum absolute atomic E-state index is 12.4. The molecule has 0 aromatic heterocycles. The molecule has 0 radical (unpaired) electrons. The highest BCUT2D eigenvalue weighted by molar-refractivity contribution is 6.32. The summed E-state index contributed by atoms with van der Waals surface area (Å²) in [6, 6.07) is 7.61. The maximum atomic E-state index is 12.4. The minimum Gasteiger partial charge on any atom is -0.371 e. The van der Waals surface area contributed by atoms with Crippen LogP contribution in [0.25, 0.3) is 0 Å². The average molecular weight is 334 g/mol. The van der Waals surface area contributed by atoms with Gasteiger partial charge >= 0.3 is 0 Å². The Hall–Kier alpha value is -1.73. The lowest BCUT2D eigenvalue weighted by Crippen LogP contribution is -2.41. The Morgan fingerprint density at radius 2 is 2.13 bits per heavy atom. The van der Waals surface area contributed by atoms with Gasteiger partial charge in [0.1, 0.15) is 6.07 Å². The molecular weight excluding hydrogens is 310 g/mol. The van der Waals surface area contributed by atoms with E-state index in [9.17, 15) is 4.79 Å². The number of piperidine rings is 1. The fourth-order valence-corrected chi connectivity index (χ4v) is 3.21. The summed E-state index contributed by atoms with van der Waals surface area (Å²) in [5.74, 6) is 0.401. The van der Waals surface area contributed by atoms with Gasteiger partial charge in [0.25, 0.3) is 0 Å². The molecule has 1 aliphatic rings. The van der Waals surface area contributed by atoms with Crippen molar-refractivity contribution >= 4 is 23.2 Å². The van der Waals surface area contributed by atoms with Crippen LogP contribution in [0.1, 0.15) is 38.2 Å². The molecule has 0 atom stereocenters. The summed E-state index contributed by atoms with van der Waals surface area (Å²) >= 11 is 6.11. The van der Waals surface area contributed by atoms with Crippen molar-refractivity contribution in [2.45, 2.75) is 32.6 Å². The molecule has 1 fully saturated rings. The van der Waals surface area contributed by atoms with Crippen molar-refractivity contribution in [2.24, 2.45) is 5.92 Å². The van der Waals surface area contributed by atoms with Crippen molar-refractivity contribution in [1.82, 2.24) is 4.90 Å². The van der Waals surface area contributed by atoms with Crippen LogP contribution in [-0.4, -0.2) is 37.5 Å². The summed E-state index contributed by atoms with van der Waals surface area (Å²) in [6.07, 6.45) is 3.90. The lowest BCUT2D eigenvalue weighted by atomic mass is 9.95. The number of amides is 1. The van der Waals surface area contributed by atoms with E-state index in [2.05, 4.69) is 17.9 Å². The third kappa shape index (κ3) is 4.39. The molecule has 1 saturated heterocycles. The van der Waals surface area contributed by atoms with E-state index in [1.165, 1.54) is 0 Å². The Labute approximate surface area is 143 Å². The van der Waals surface area contributed by atoms with Gasteiger partial charge < -0.3 is 9.80 Å². The normalized spacial score (nSPS) is 15.3. The van der Waals surface area contributed by atoms with Crippen molar-refractivity contribution in [1.29, 1.82) is 5.26 Å². The van der Waals surface area contributed by atoms with Crippen molar-refractivity contribution < 1.29 is 4.79 Å². The van der Waals surface area contributed by atoms with Crippen LogP contribution in [0.2, 0.25) is 5.02 Å². The first-order valence-corrected chi connectivity index (χ1v) is 8.64. The Kier molecular flexibility index (Phi) is 6.29. The second-order valence-electron chi connectivity index (χ2n) is 6.15. The zero-order valence-corrected chi connectivity index (χ0v) is 14.6. The highest BCUT2D eigenvalue weighted by Crippen LogP contribution is 2.28. The molecular formula is C18H24ClN3O. The van der Waals surface area contributed by atoms with Crippen molar-refractivity contribution in [3.05, 3.63) is 28.8 Å². The number of nitriles is 1. The summed E-state index contributed by atoms with van der Waals surface area (Å²) in [5, 5.41) is 9.43. The highest BCUT2D eigenvalue weighted by atomic mass is 35.5. The molecule has 1 aromatic rings. The molecule has 1 amide bonds. The Morgan fingerprint density at radius 3 is 2.70 bits per heavy atom. The Bertz CT molecular complexity index is 588. The monoisotopic (exact) mass is 333 g/mol. The van der Waals surface area contributed by atoms with Gasteiger partial charge in [0.05, 0.1) is 10.6 Å². The fourth-order valence-electron chi connectivity index (χ4n) is 2.99. The van der Waals surface area contributed by atoms with E-state index in [0.29, 0.717) is 10.6 Å². The largest absolute Gasteiger partial charge is 0.371 e.